The molecule has 0 aliphatic carbocycles. The van der Waals surface area contributed by atoms with Crippen LogP contribution in [-0.2, 0) is 9.59 Å². The predicted molar refractivity (Wildman–Crippen MR) is 110 cm³/mol. The Balaban J connectivity index is 1.77. The van der Waals surface area contributed by atoms with Gasteiger partial charge in [0.15, 0.2) is 5.17 Å². The standard InChI is InChI=1S/C18H17BrN4O3S/c1-10-7-12(11(2)23(10)14-5-3-13(19)4-6-14)9-20-22-18-21-17(26)15(27-18)8-16(24)25/h3-7,9,15H,8H2,1-2H3,(H,24,25)(H,21,22,26)/b20-9-/t15-/m1/s1. The maximum Gasteiger partial charge on any atom is 0.305 e. The fourth-order valence-electron chi connectivity index (χ4n) is 2.79. The van der Waals surface area contributed by atoms with Crippen LogP contribution in [0.15, 0.2) is 45.0 Å². The summed E-state index contributed by atoms with van der Waals surface area (Å²) >= 11 is 4.52. The first kappa shape index (κ1) is 19.4. The minimum atomic E-state index is -1.02. The van der Waals surface area contributed by atoms with Gasteiger partial charge < -0.3 is 15.0 Å². The molecule has 0 radical (unpaired) electrons. The van der Waals surface area contributed by atoms with Crippen molar-refractivity contribution in [3.63, 3.8) is 0 Å². The molecule has 2 N–H and O–H groups in total. The smallest absolute Gasteiger partial charge is 0.305 e. The van der Waals surface area contributed by atoms with Crippen molar-refractivity contribution in [2.45, 2.75) is 25.5 Å². The van der Waals surface area contributed by atoms with E-state index in [1.54, 1.807) is 6.21 Å². The van der Waals surface area contributed by atoms with Crippen molar-refractivity contribution >= 4 is 51.0 Å². The van der Waals surface area contributed by atoms with Gasteiger partial charge in [0.25, 0.3) is 0 Å². The first-order valence-electron chi connectivity index (χ1n) is 8.10. The highest BCUT2D eigenvalue weighted by atomic mass is 79.9. The van der Waals surface area contributed by atoms with Crippen molar-refractivity contribution < 1.29 is 14.7 Å². The van der Waals surface area contributed by atoms with Crippen molar-refractivity contribution in [1.82, 2.24) is 9.88 Å². The number of carboxylic acid groups (broad SMARTS) is 1. The van der Waals surface area contributed by atoms with Crippen LogP contribution in [0.1, 0.15) is 23.4 Å². The van der Waals surface area contributed by atoms with Gasteiger partial charge in [-0.15, -0.1) is 5.10 Å². The zero-order valence-electron chi connectivity index (χ0n) is 14.6. The van der Waals surface area contributed by atoms with Crippen LogP contribution < -0.4 is 5.32 Å². The molecule has 140 valence electrons. The van der Waals surface area contributed by atoms with Gasteiger partial charge in [0.2, 0.25) is 5.91 Å². The molecule has 1 atom stereocenters. The maximum absolute atomic E-state index is 11.7. The van der Waals surface area contributed by atoms with Crippen LogP contribution in [0, 0.1) is 13.8 Å². The summed E-state index contributed by atoms with van der Waals surface area (Å²) in [4.78, 5) is 22.4. The molecule has 27 heavy (non-hydrogen) atoms. The quantitative estimate of drug-likeness (QED) is 0.541. The Bertz CT molecular complexity index is 950. The number of nitrogens with zero attached hydrogens (tertiary/aromatic N) is 3. The highest BCUT2D eigenvalue weighted by Crippen LogP contribution is 2.23. The first-order chi connectivity index (χ1) is 12.8. The lowest BCUT2D eigenvalue weighted by Crippen LogP contribution is -2.26. The number of carboxylic acids is 1. The molecule has 1 aromatic heterocycles. The van der Waals surface area contributed by atoms with Gasteiger partial charge in [-0.1, -0.05) is 27.7 Å². The second-order valence-electron chi connectivity index (χ2n) is 5.98. The Morgan fingerprint density at radius 2 is 2.07 bits per heavy atom. The van der Waals surface area contributed by atoms with E-state index in [1.807, 2.05) is 44.2 Å². The summed E-state index contributed by atoms with van der Waals surface area (Å²) in [6.45, 7) is 4.01. The fourth-order valence-corrected chi connectivity index (χ4v) is 3.97. The van der Waals surface area contributed by atoms with Crippen molar-refractivity contribution in [1.29, 1.82) is 0 Å². The summed E-state index contributed by atoms with van der Waals surface area (Å²) in [5.74, 6) is -1.38. The second-order valence-corrected chi connectivity index (χ2v) is 8.09. The number of aromatic nitrogens is 1. The number of aliphatic carboxylic acids is 1. The molecule has 1 aromatic carbocycles. The molecule has 1 fully saturated rings. The lowest BCUT2D eigenvalue weighted by atomic mass is 10.2. The molecule has 7 nitrogen and oxygen atoms in total. The van der Waals surface area contributed by atoms with Gasteiger partial charge in [-0.3, -0.25) is 9.59 Å². The molecule has 9 heteroatoms. The van der Waals surface area contributed by atoms with Crippen molar-refractivity contribution in [3.05, 3.63) is 51.8 Å². The second kappa shape index (κ2) is 8.10. The summed E-state index contributed by atoms with van der Waals surface area (Å²) in [6.07, 6.45) is 1.38. The van der Waals surface area contributed by atoms with Gasteiger partial charge in [-0.05, 0) is 44.2 Å². The zero-order valence-corrected chi connectivity index (χ0v) is 17.0. The summed E-state index contributed by atoms with van der Waals surface area (Å²) in [5.41, 5.74) is 4.05. The van der Waals surface area contributed by atoms with E-state index in [1.165, 1.54) is 0 Å². The van der Waals surface area contributed by atoms with Crippen LogP contribution in [-0.4, -0.2) is 38.2 Å². The van der Waals surface area contributed by atoms with Gasteiger partial charge in [-0.2, -0.15) is 5.10 Å². The van der Waals surface area contributed by atoms with Gasteiger partial charge in [0.1, 0.15) is 5.25 Å². The molecule has 1 amide bonds. The molecule has 0 bridgehead atoms. The van der Waals surface area contributed by atoms with Crippen LogP contribution in [0.3, 0.4) is 0 Å². The summed E-state index contributed by atoms with van der Waals surface area (Å²) in [7, 11) is 0. The molecule has 2 aromatic rings. The SMILES string of the molecule is Cc1cc(/C=N\N=C2\NC(=O)[C@@H](CC(=O)O)S2)c(C)n1-c1ccc(Br)cc1. The number of aryl methyl sites for hydroxylation is 1. The Labute approximate surface area is 168 Å². The first-order valence-corrected chi connectivity index (χ1v) is 9.77. The largest absolute Gasteiger partial charge is 0.481 e. The van der Waals surface area contributed by atoms with E-state index >= 15 is 0 Å². The van der Waals surface area contributed by atoms with Gasteiger partial charge in [0.05, 0.1) is 12.6 Å². The Morgan fingerprint density at radius 1 is 1.37 bits per heavy atom. The lowest BCUT2D eigenvalue weighted by molar-refractivity contribution is -0.138. The van der Waals surface area contributed by atoms with Crippen molar-refractivity contribution in [2.75, 3.05) is 0 Å². The molecular formula is C18H17BrN4O3S. The summed E-state index contributed by atoms with van der Waals surface area (Å²) < 4.78 is 3.14. The number of amides is 1. The Morgan fingerprint density at radius 3 is 2.74 bits per heavy atom. The monoisotopic (exact) mass is 448 g/mol. The molecule has 1 saturated heterocycles. The topological polar surface area (TPSA) is 96.1 Å². The highest BCUT2D eigenvalue weighted by molar-refractivity contribution is 9.10. The predicted octanol–water partition coefficient (Wildman–Crippen LogP) is 3.25. The number of halogens is 1. The Hall–Kier alpha value is -2.39. The van der Waals surface area contributed by atoms with Crippen LogP contribution in [0.5, 0.6) is 0 Å². The molecule has 1 aliphatic heterocycles. The van der Waals surface area contributed by atoms with E-state index < -0.39 is 11.2 Å². The van der Waals surface area contributed by atoms with Crippen molar-refractivity contribution in [3.8, 4) is 5.69 Å². The molecule has 0 saturated carbocycles. The number of nitrogens with one attached hydrogen (secondary N) is 1. The number of carbonyl (C=O) groups excluding carboxylic acids is 1. The maximum atomic E-state index is 11.7. The van der Waals surface area contributed by atoms with Crippen LogP contribution >= 0.6 is 27.7 Å². The number of thioether (sulfide) groups is 1. The molecule has 2 heterocycles. The Kier molecular flexibility index (Phi) is 5.81. The number of carbonyl (C=O) groups is 2. The van der Waals surface area contributed by atoms with Gasteiger partial charge in [-0.25, -0.2) is 0 Å². The average molecular weight is 449 g/mol. The number of amidine groups is 1. The summed E-state index contributed by atoms with van der Waals surface area (Å²) in [6, 6.07) is 10.0. The lowest BCUT2D eigenvalue weighted by Gasteiger charge is -2.09. The summed E-state index contributed by atoms with van der Waals surface area (Å²) in [5, 5.41) is 19.0. The van der Waals surface area contributed by atoms with Gasteiger partial charge in [0, 0.05) is 27.1 Å². The molecule has 0 spiro atoms. The van der Waals surface area contributed by atoms with Gasteiger partial charge >= 0.3 is 5.97 Å². The molecule has 0 unspecified atom stereocenters. The average Bonchev–Trinajstić information content (AvgIpc) is 3.08. The number of benzene rings is 1. The number of hydrogen-bond acceptors (Lipinski definition) is 5. The van der Waals surface area contributed by atoms with Crippen LogP contribution in [0.2, 0.25) is 0 Å². The number of rotatable bonds is 5. The van der Waals surface area contributed by atoms with E-state index in [2.05, 4.69) is 36.0 Å². The van der Waals surface area contributed by atoms with Crippen LogP contribution in [0.4, 0.5) is 0 Å². The van der Waals surface area contributed by atoms with Crippen LogP contribution in [0.25, 0.3) is 5.69 Å². The third-order valence-corrected chi connectivity index (χ3v) is 5.64. The molecule has 3 rings (SSSR count). The highest BCUT2D eigenvalue weighted by Gasteiger charge is 2.32. The van der Waals surface area contributed by atoms with E-state index in [0.717, 1.165) is 38.9 Å². The molecular weight excluding hydrogens is 432 g/mol. The number of hydrogen-bond donors (Lipinski definition) is 2. The van der Waals surface area contributed by atoms with Crippen molar-refractivity contribution in [2.24, 2.45) is 10.2 Å². The van der Waals surface area contributed by atoms with E-state index in [9.17, 15) is 9.59 Å². The third-order valence-electron chi connectivity index (χ3n) is 4.04. The van der Waals surface area contributed by atoms with E-state index in [-0.39, 0.29) is 12.3 Å². The minimum absolute atomic E-state index is 0.242. The van der Waals surface area contributed by atoms with E-state index in [4.69, 9.17) is 5.11 Å². The normalized spacial score (nSPS) is 18.4. The zero-order chi connectivity index (χ0) is 19.6. The van der Waals surface area contributed by atoms with E-state index in [0.29, 0.717) is 5.17 Å². The third kappa shape index (κ3) is 4.48. The minimum Gasteiger partial charge on any atom is -0.481 e. The molecule has 1 aliphatic rings. The fraction of sp³-hybridized carbons (Fsp3) is 0.222.